The van der Waals surface area contributed by atoms with Gasteiger partial charge in [0.15, 0.2) is 0 Å². The Balaban J connectivity index is 1.98. The molecule has 0 aliphatic heterocycles. The summed E-state index contributed by atoms with van der Waals surface area (Å²) in [7, 11) is 0. The Morgan fingerprint density at radius 2 is 1.47 bits per heavy atom. The van der Waals surface area contributed by atoms with Crippen LogP contribution in [0.15, 0.2) is 42.5 Å². The van der Waals surface area contributed by atoms with Crippen molar-refractivity contribution in [3.05, 3.63) is 69.2 Å². The van der Waals surface area contributed by atoms with Gasteiger partial charge in [-0.1, -0.05) is 59.1 Å². The van der Waals surface area contributed by atoms with E-state index in [1.54, 1.807) is 6.07 Å². The highest BCUT2D eigenvalue weighted by atomic mass is 35.5. The monoisotopic (exact) mass is 294 g/mol. The average Bonchev–Trinajstić information content (AvgIpc) is 2.37. The maximum atomic E-state index is 10.1. The molecule has 1 nitrogen and oxygen atoms in total. The highest BCUT2D eigenvalue weighted by Crippen LogP contribution is 2.23. The van der Waals surface area contributed by atoms with Crippen LogP contribution in [-0.4, -0.2) is 11.2 Å². The zero-order valence-corrected chi connectivity index (χ0v) is 12.2. The molecule has 0 spiro atoms. The Bertz CT molecular complexity index is 549. The Labute approximate surface area is 123 Å². The largest absolute Gasteiger partial charge is 0.392 e. The fraction of sp³-hybridized carbons (Fsp3) is 0.250. The van der Waals surface area contributed by atoms with E-state index in [0.717, 1.165) is 11.1 Å². The first kappa shape index (κ1) is 14.4. The molecule has 1 N–H and O–H groups in total. The molecule has 0 saturated carbocycles. The van der Waals surface area contributed by atoms with Crippen LogP contribution >= 0.6 is 23.2 Å². The van der Waals surface area contributed by atoms with E-state index in [0.29, 0.717) is 22.9 Å². The summed E-state index contributed by atoms with van der Waals surface area (Å²) in [6.07, 6.45) is 0.797. The van der Waals surface area contributed by atoms with Crippen molar-refractivity contribution in [2.45, 2.75) is 25.9 Å². The lowest BCUT2D eigenvalue weighted by Crippen LogP contribution is -2.13. The minimum absolute atomic E-state index is 0.417. The first-order valence-electron chi connectivity index (χ1n) is 6.22. The molecule has 0 aromatic heterocycles. The van der Waals surface area contributed by atoms with E-state index < -0.39 is 6.10 Å². The van der Waals surface area contributed by atoms with Crippen molar-refractivity contribution in [3.63, 3.8) is 0 Å². The molecule has 0 radical (unpaired) electrons. The third-order valence-electron chi connectivity index (χ3n) is 3.05. The van der Waals surface area contributed by atoms with Gasteiger partial charge in [-0.05, 0) is 43.0 Å². The molecule has 2 aromatic carbocycles. The minimum atomic E-state index is -0.417. The summed E-state index contributed by atoms with van der Waals surface area (Å²) >= 11 is 11.8. The predicted octanol–water partition coefficient (Wildman–Crippen LogP) is 4.45. The molecule has 0 bridgehead atoms. The summed E-state index contributed by atoms with van der Waals surface area (Å²) in [5, 5.41) is 11.2. The van der Waals surface area contributed by atoms with Gasteiger partial charge in [0.2, 0.25) is 0 Å². The van der Waals surface area contributed by atoms with Crippen molar-refractivity contribution in [2.24, 2.45) is 0 Å². The lowest BCUT2D eigenvalue weighted by Gasteiger charge is -2.11. The highest BCUT2D eigenvalue weighted by molar-refractivity contribution is 6.42. The van der Waals surface area contributed by atoms with Gasteiger partial charge in [-0.3, -0.25) is 0 Å². The number of aliphatic hydroxyl groups is 1. The van der Waals surface area contributed by atoms with E-state index >= 15 is 0 Å². The van der Waals surface area contributed by atoms with Crippen LogP contribution in [0, 0.1) is 6.92 Å². The molecule has 1 atom stereocenters. The normalized spacial score (nSPS) is 12.4. The van der Waals surface area contributed by atoms with Crippen molar-refractivity contribution in [1.82, 2.24) is 0 Å². The van der Waals surface area contributed by atoms with E-state index in [4.69, 9.17) is 23.2 Å². The molecule has 0 aliphatic rings. The third-order valence-corrected chi connectivity index (χ3v) is 3.79. The van der Waals surface area contributed by atoms with Crippen LogP contribution < -0.4 is 0 Å². The molecule has 0 aliphatic carbocycles. The van der Waals surface area contributed by atoms with Gasteiger partial charge < -0.3 is 5.11 Å². The van der Waals surface area contributed by atoms with Crippen LogP contribution in [0.5, 0.6) is 0 Å². The lowest BCUT2D eigenvalue weighted by atomic mass is 10.0. The van der Waals surface area contributed by atoms with Crippen molar-refractivity contribution < 1.29 is 5.11 Å². The molecule has 0 saturated heterocycles. The molecular formula is C16H16Cl2O. The Morgan fingerprint density at radius 1 is 0.895 bits per heavy atom. The van der Waals surface area contributed by atoms with Crippen molar-refractivity contribution in [2.75, 3.05) is 0 Å². The van der Waals surface area contributed by atoms with Gasteiger partial charge in [-0.15, -0.1) is 0 Å². The predicted molar refractivity (Wildman–Crippen MR) is 81.1 cm³/mol. The molecule has 0 fully saturated rings. The van der Waals surface area contributed by atoms with Crippen LogP contribution in [0.1, 0.15) is 16.7 Å². The zero-order valence-electron chi connectivity index (χ0n) is 10.7. The van der Waals surface area contributed by atoms with E-state index in [1.165, 1.54) is 5.56 Å². The topological polar surface area (TPSA) is 20.2 Å². The molecule has 2 aromatic rings. The maximum absolute atomic E-state index is 10.1. The first-order chi connectivity index (χ1) is 9.04. The summed E-state index contributed by atoms with van der Waals surface area (Å²) in [5.74, 6) is 0. The Morgan fingerprint density at radius 3 is 2.11 bits per heavy atom. The summed E-state index contributed by atoms with van der Waals surface area (Å²) in [5.41, 5.74) is 3.36. The number of hydrogen-bond donors (Lipinski definition) is 1. The lowest BCUT2D eigenvalue weighted by molar-refractivity contribution is 0.175. The van der Waals surface area contributed by atoms with Gasteiger partial charge >= 0.3 is 0 Å². The minimum Gasteiger partial charge on any atom is -0.392 e. The Kier molecular flexibility index (Phi) is 4.87. The van der Waals surface area contributed by atoms with Gasteiger partial charge in [-0.2, -0.15) is 0 Å². The number of hydrogen-bond acceptors (Lipinski definition) is 1. The van der Waals surface area contributed by atoms with Crippen molar-refractivity contribution in [3.8, 4) is 0 Å². The maximum Gasteiger partial charge on any atom is 0.0620 e. The zero-order chi connectivity index (χ0) is 13.8. The second-order valence-electron chi connectivity index (χ2n) is 4.80. The van der Waals surface area contributed by atoms with E-state index in [-0.39, 0.29) is 0 Å². The smallest absolute Gasteiger partial charge is 0.0620 e. The average molecular weight is 295 g/mol. The number of halogens is 2. The van der Waals surface area contributed by atoms with Crippen LogP contribution in [0.2, 0.25) is 10.0 Å². The van der Waals surface area contributed by atoms with Gasteiger partial charge in [0, 0.05) is 0 Å². The van der Waals surface area contributed by atoms with Crippen molar-refractivity contribution >= 4 is 23.2 Å². The van der Waals surface area contributed by atoms with E-state index in [1.807, 2.05) is 24.3 Å². The highest BCUT2D eigenvalue weighted by Gasteiger charge is 2.08. The summed E-state index contributed by atoms with van der Waals surface area (Å²) in [6, 6.07) is 13.7. The van der Waals surface area contributed by atoms with E-state index in [2.05, 4.69) is 19.1 Å². The Hall–Kier alpha value is -1.02. The van der Waals surface area contributed by atoms with Gasteiger partial charge in [0.25, 0.3) is 0 Å². The number of aliphatic hydroxyl groups excluding tert-OH is 1. The first-order valence-corrected chi connectivity index (χ1v) is 6.98. The van der Waals surface area contributed by atoms with Crippen LogP contribution in [-0.2, 0) is 12.8 Å². The van der Waals surface area contributed by atoms with Crippen LogP contribution in [0.3, 0.4) is 0 Å². The van der Waals surface area contributed by atoms with Crippen LogP contribution in [0.4, 0.5) is 0 Å². The van der Waals surface area contributed by atoms with Crippen LogP contribution in [0.25, 0.3) is 0 Å². The SMILES string of the molecule is Cc1ccc(CC(O)Cc2ccc(Cl)c(Cl)c2)cc1. The fourth-order valence-electron chi connectivity index (χ4n) is 2.01. The van der Waals surface area contributed by atoms with Gasteiger partial charge in [-0.25, -0.2) is 0 Å². The molecule has 3 heteroatoms. The standard InChI is InChI=1S/C16H16Cl2O/c1-11-2-4-12(5-3-11)8-14(19)9-13-6-7-15(17)16(18)10-13/h2-7,10,14,19H,8-9H2,1H3. The number of aryl methyl sites for hydroxylation is 1. The molecule has 100 valence electrons. The van der Waals surface area contributed by atoms with Gasteiger partial charge in [0.05, 0.1) is 16.1 Å². The molecule has 0 amide bonds. The molecular weight excluding hydrogens is 279 g/mol. The summed E-state index contributed by atoms with van der Waals surface area (Å²) in [6.45, 7) is 2.05. The number of benzene rings is 2. The molecule has 2 rings (SSSR count). The molecule has 0 heterocycles. The summed E-state index contributed by atoms with van der Waals surface area (Å²) in [4.78, 5) is 0. The molecule has 19 heavy (non-hydrogen) atoms. The van der Waals surface area contributed by atoms with Crippen molar-refractivity contribution in [1.29, 1.82) is 0 Å². The molecule has 1 unspecified atom stereocenters. The quantitative estimate of drug-likeness (QED) is 0.883. The second-order valence-corrected chi connectivity index (χ2v) is 5.61. The third kappa shape index (κ3) is 4.24. The second kappa shape index (κ2) is 6.42. The van der Waals surface area contributed by atoms with Gasteiger partial charge in [0.1, 0.15) is 0 Å². The fourth-order valence-corrected chi connectivity index (χ4v) is 2.33. The summed E-state index contributed by atoms with van der Waals surface area (Å²) < 4.78 is 0. The van der Waals surface area contributed by atoms with E-state index in [9.17, 15) is 5.11 Å². The number of rotatable bonds is 4.